The van der Waals surface area contributed by atoms with Crippen LogP contribution in [0.4, 0.5) is 0 Å². The molecule has 0 saturated carbocycles. The van der Waals surface area contributed by atoms with Gasteiger partial charge in [0.05, 0.1) is 10.6 Å². The molecule has 3 rings (SSSR count). The Morgan fingerprint density at radius 2 is 1.67 bits per heavy atom. The van der Waals surface area contributed by atoms with Crippen molar-refractivity contribution in [2.45, 2.75) is 0 Å². The predicted octanol–water partition coefficient (Wildman–Crippen LogP) is 4.09. The molecule has 0 heterocycles. The molecule has 0 saturated heterocycles. The van der Waals surface area contributed by atoms with E-state index in [1.807, 2.05) is 36.4 Å². The Kier molecular flexibility index (Phi) is 5.74. The highest BCUT2D eigenvalue weighted by atomic mass is 35.5. The fourth-order valence-electron chi connectivity index (χ4n) is 2.42. The molecule has 0 atom stereocenters. The molecule has 27 heavy (non-hydrogen) atoms. The molecule has 6 heteroatoms. The lowest BCUT2D eigenvalue weighted by Crippen LogP contribution is -2.20. The molecule has 0 aliphatic heterocycles. The first-order valence-corrected chi connectivity index (χ1v) is 8.49. The van der Waals surface area contributed by atoms with E-state index in [1.165, 1.54) is 6.07 Å². The van der Waals surface area contributed by atoms with E-state index in [1.54, 1.807) is 30.3 Å². The largest absolute Gasteiger partial charge is 0.484 e. The van der Waals surface area contributed by atoms with Crippen LogP contribution in [0.5, 0.6) is 11.5 Å². The van der Waals surface area contributed by atoms with Gasteiger partial charge in [0, 0.05) is 0 Å². The van der Waals surface area contributed by atoms with Crippen LogP contribution in [-0.4, -0.2) is 18.5 Å². The SMILES string of the molecule is NC(=O)COc1cccc(C(=O)Oc2ccc(-c3ccccc3)cc2Cl)c1. The number of primary amides is 1. The van der Waals surface area contributed by atoms with Gasteiger partial charge in [0.1, 0.15) is 11.5 Å². The van der Waals surface area contributed by atoms with Crippen molar-refractivity contribution in [3.63, 3.8) is 0 Å². The number of nitrogens with two attached hydrogens (primary N) is 1. The topological polar surface area (TPSA) is 78.6 Å². The number of carbonyl (C=O) groups excluding carboxylic acids is 2. The molecular weight excluding hydrogens is 366 g/mol. The van der Waals surface area contributed by atoms with E-state index in [0.717, 1.165) is 11.1 Å². The van der Waals surface area contributed by atoms with Crippen LogP contribution >= 0.6 is 11.6 Å². The highest BCUT2D eigenvalue weighted by Gasteiger charge is 2.13. The summed E-state index contributed by atoms with van der Waals surface area (Å²) >= 11 is 6.27. The van der Waals surface area contributed by atoms with Gasteiger partial charge in [0.2, 0.25) is 0 Å². The maximum absolute atomic E-state index is 12.4. The Labute approximate surface area is 161 Å². The average molecular weight is 382 g/mol. The third-order valence-electron chi connectivity index (χ3n) is 3.69. The average Bonchev–Trinajstić information content (AvgIpc) is 2.68. The van der Waals surface area contributed by atoms with Crippen LogP contribution in [-0.2, 0) is 4.79 Å². The molecule has 0 aliphatic carbocycles. The first kappa shape index (κ1) is 18.5. The maximum Gasteiger partial charge on any atom is 0.343 e. The van der Waals surface area contributed by atoms with Gasteiger partial charge in [0.15, 0.2) is 6.61 Å². The van der Waals surface area contributed by atoms with Crippen molar-refractivity contribution in [2.24, 2.45) is 5.73 Å². The van der Waals surface area contributed by atoms with Crippen molar-refractivity contribution in [3.05, 3.63) is 83.4 Å². The molecule has 1 amide bonds. The van der Waals surface area contributed by atoms with Gasteiger partial charge in [-0.25, -0.2) is 4.79 Å². The van der Waals surface area contributed by atoms with Crippen molar-refractivity contribution >= 4 is 23.5 Å². The van der Waals surface area contributed by atoms with E-state index in [2.05, 4.69) is 0 Å². The van der Waals surface area contributed by atoms with Crippen LogP contribution in [0.3, 0.4) is 0 Å². The number of rotatable bonds is 6. The maximum atomic E-state index is 12.4. The Morgan fingerprint density at radius 3 is 2.37 bits per heavy atom. The lowest BCUT2D eigenvalue weighted by molar-refractivity contribution is -0.119. The lowest BCUT2D eigenvalue weighted by atomic mass is 10.1. The van der Waals surface area contributed by atoms with E-state index in [9.17, 15) is 9.59 Å². The van der Waals surface area contributed by atoms with Gasteiger partial charge in [-0.3, -0.25) is 4.79 Å². The highest BCUT2D eigenvalue weighted by molar-refractivity contribution is 6.32. The zero-order chi connectivity index (χ0) is 19.2. The van der Waals surface area contributed by atoms with Crippen LogP contribution in [0.15, 0.2) is 72.8 Å². The number of carbonyl (C=O) groups is 2. The molecule has 3 aromatic carbocycles. The first-order chi connectivity index (χ1) is 13.0. The van der Waals surface area contributed by atoms with Crippen molar-refractivity contribution in [1.29, 1.82) is 0 Å². The summed E-state index contributed by atoms with van der Waals surface area (Å²) in [6, 6.07) is 21.2. The second-order valence-corrected chi connectivity index (χ2v) is 6.09. The van der Waals surface area contributed by atoms with E-state index >= 15 is 0 Å². The Bertz CT molecular complexity index is 973. The molecule has 5 nitrogen and oxygen atoms in total. The summed E-state index contributed by atoms with van der Waals surface area (Å²) in [5.74, 6) is -0.597. The molecule has 0 bridgehead atoms. The van der Waals surface area contributed by atoms with Gasteiger partial charge >= 0.3 is 5.97 Å². The number of esters is 1. The molecule has 2 N–H and O–H groups in total. The molecule has 0 aliphatic rings. The molecule has 0 radical (unpaired) electrons. The Hall–Kier alpha value is -3.31. The molecule has 3 aromatic rings. The van der Waals surface area contributed by atoms with E-state index in [0.29, 0.717) is 10.8 Å². The second kappa shape index (κ2) is 8.38. The minimum atomic E-state index is -0.603. The summed E-state index contributed by atoms with van der Waals surface area (Å²) < 4.78 is 10.6. The second-order valence-electron chi connectivity index (χ2n) is 5.68. The molecular formula is C21H16ClNO4. The first-order valence-electron chi connectivity index (χ1n) is 8.11. The third-order valence-corrected chi connectivity index (χ3v) is 3.99. The smallest absolute Gasteiger partial charge is 0.343 e. The van der Waals surface area contributed by atoms with Crippen LogP contribution in [0.1, 0.15) is 10.4 Å². The number of halogens is 1. The quantitative estimate of drug-likeness (QED) is 0.515. The summed E-state index contributed by atoms with van der Waals surface area (Å²) in [7, 11) is 0. The van der Waals surface area contributed by atoms with E-state index in [-0.39, 0.29) is 17.9 Å². The van der Waals surface area contributed by atoms with Crippen molar-refractivity contribution in [2.75, 3.05) is 6.61 Å². The number of benzene rings is 3. The van der Waals surface area contributed by atoms with Crippen LogP contribution in [0, 0.1) is 0 Å². The summed E-state index contributed by atoms with van der Waals surface area (Å²) in [5, 5.41) is 0.325. The summed E-state index contributed by atoms with van der Waals surface area (Å²) in [6.07, 6.45) is 0. The van der Waals surface area contributed by atoms with Crippen molar-refractivity contribution < 1.29 is 19.1 Å². The Balaban J connectivity index is 1.74. The normalized spacial score (nSPS) is 10.3. The van der Waals surface area contributed by atoms with Crippen molar-refractivity contribution in [1.82, 2.24) is 0 Å². The van der Waals surface area contributed by atoms with E-state index < -0.39 is 11.9 Å². The van der Waals surface area contributed by atoms with Gasteiger partial charge in [-0.1, -0.05) is 54.1 Å². The summed E-state index contributed by atoms with van der Waals surface area (Å²) in [4.78, 5) is 23.2. The fraction of sp³-hybridized carbons (Fsp3) is 0.0476. The summed E-state index contributed by atoms with van der Waals surface area (Å²) in [6.45, 7) is -0.273. The number of ether oxygens (including phenoxy) is 2. The van der Waals surface area contributed by atoms with Crippen molar-refractivity contribution in [3.8, 4) is 22.6 Å². The standard InChI is InChI=1S/C21H16ClNO4/c22-18-12-15(14-5-2-1-3-6-14)9-10-19(18)27-21(25)16-7-4-8-17(11-16)26-13-20(23)24/h1-12H,13H2,(H2,23,24). The highest BCUT2D eigenvalue weighted by Crippen LogP contribution is 2.31. The molecule has 0 unspecified atom stereocenters. The molecule has 0 aromatic heterocycles. The third kappa shape index (κ3) is 4.86. The number of hydrogen-bond acceptors (Lipinski definition) is 4. The van der Waals surface area contributed by atoms with Gasteiger partial charge in [0.25, 0.3) is 5.91 Å². The zero-order valence-corrected chi connectivity index (χ0v) is 15.0. The minimum absolute atomic E-state index is 0.254. The minimum Gasteiger partial charge on any atom is -0.484 e. The predicted molar refractivity (Wildman–Crippen MR) is 103 cm³/mol. The summed E-state index contributed by atoms with van der Waals surface area (Å²) in [5.41, 5.74) is 7.23. The van der Waals surface area contributed by atoms with Gasteiger partial charge in [-0.2, -0.15) is 0 Å². The number of hydrogen-bond donors (Lipinski definition) is 1. The van der Waals surface area contributed by atoms with E-state index in [4.69, 9.17) is 26.8 Å². The number of amides is 1. The molecule has 0 fully saturated rings. The van der Waals surface area contributed by atoms with Gasteiger partial charge < -0.3 is 15.2 Å². The molecule has 136 valence electrons. The van der Waals surface area contributed by atoms with Crippen LogP contribution in [0.2, 0.25) is 5.02 Å². The Morgan fingerprint density at radius 1 is 0.889 bits per heavy atom. The van der Waals surface area contributed by atoms with Gasteiger partial charge in [-0.05, 0) is 41.5 Å². The van der Waals surface area contributed by atoms with Gasteiger partial charge in [-0.15, -0.1) is 0 Å². The zero-order valence-electron chi connectivity index (χ0n) is 14.2. The molecule has 0 spiro atoms. The lowest BCUT2D eigenvalue weighted by Gasteiger charge is -2.09. The van der Waals surface area contributed by atoms with Crippen LogP contribution < -0.4 is 15.2 Å². The fourth-order valence-corrected chi connectivity index (χ4v) is 2.64. The monoisotopic (exact) mass is 381 g/mol. The van der Waals surface area contributed by atoms with Crippen LogP contribution in [0.25, 0.3) is 11.1 Å².